The predicted octanol–water partition coefficient (Wildman–Crippen LogP) is 4.45. The molecule has 0 radical (unpaired) electrons. The van der Waals surface area contributed by atoms with E-state index >= 15 is 0 Å². The predicted molar refractivity (Wildman–Crippen MR) is 88.2 cm³/mol. The van der Waals surface area contributed by atoms with Crippen LogP contribution in [0.2, 0.25) is 5.02 Å². The van der Waals surface area contributed by atoms with Crippen molar-refractivity contribution < 1.29 is 4.39 Å². The Morgan fingerprint density at radius 3 is 2.62 bits per heavy atom. The van der Waals surface area contributed by atoms with Gasteiger partial charge in [-0.15, -0.1) is 11.3 Å². The van der Waals surface area contributed by atoms with Crippen molar-refractivity contribution in [2.24, 2.45) is 5.73 Å². The summed E-state index contributed by atoms with van der Waals surface area (Å²) in [5.41, 5.74) is 6.51. The molecule has 1 aromatic carbocycles. The van der Waals surface area contributed by atoms with Crippen molar-refractivity contribution in [1.29, 1.82) is 0 Å². The van der Waals surface area contributed by atoms with Crippen molar-refractivity contribution in [3.63, 3.8) is 0 Å². The molecule has 0 fully saturated rings. The molecule has 2 aromatic rings. The van der Waals surface area contributed by atoms with Crippen LogP contribution >= 0.6 is 22.9 Å². The monoisotopic (exact) mass is 326 g/mol. The van der Waals surface area contributed by atoms with Crippen LogP contribution in [0.4, 0.5) is 4.39 Å². The minimum absolute atomic E-state index is 0.144. The first-order valence-corrected chi connectivity index (χ1v) is 8.22. The normalized spacial score (nSPS) is 13.1. The maximum atomic E-state index is 14.3. The summed E-state index contributed by atoms with van der Waals surface area (Å²) in [5, 5.41) is 2.19. The number of benzene rings is 1. The Morgan fingerprint density at radius 2 is 2.05 bits per heavy atom. The molecule has 0 aliphatic rings. The van der Waals surface area contributed by atoms with Gasteiger partial charge in [-0.1, -0.05) is 29.8 Å². The van der Waals surface area contributed by atoms with Crippen molar-refractivity contribution in [3.8, 4) is 0 Å². The lowest BCUT2D eigenvalue weighted by Gasteiger charge is -2.34. The molecule has 1 aromatic heterocycles. The van der Waals surface area contributed by atoms with Gasteiger partial charge in [0.25, 0.3) is 0 Å². The molecule has 1 heterocycles. The quantitative estimate of drug-likeness (QED) is 0.849. The number of nitrogens with zero attached hydrogens (tertiary/aromatic N) is 1. The first-order valence-electron chi connectivity index (χ1n) is 6.96. The third kappa shape index (κ3) is 3.83. The second-order valence-electron chi connectivity index (χ2n) is 5.24. The molecule has 0 aliphatic heterocycles. The van der Waals surface area contributed by atoms with E-state index in [4.69, 9.17) is 17.3 Å². The molecule has 2 nitrogen and oxygen atoms in total. The zero-order chi connectivity index (χ0) is 15.4. The molecule has 0 saturated heterocycles. The molecule has 0 spiro atoms. The lowest BCUT2D eigenvalue weighted by Crippen LogP contribution is -2.38. The zero-order valence-corrected chi connectivity index (χ0v) is 13.8. The van der Waals surface area contributed by atoms with E-state index in [1.807, 2.05) is 11.4 Å². The highest BCUT2D eigenvalue weighted by Crippen LogP contribution is 2.30. The van der Waals surface area contributed by atoms with Gasteiger partial charge in [0.1, 0.15) is 5.82 Å². The van der Waals surface area contributed by atoms with E-state index < -0.39 is 0 Å². The van der Waals surface area contributed by atoms with E-state index in [0.29, 0.717) is 12.1 Å². The molecule has 1 unspecified atom stereocenters. The summed E-state index contributed by atoms with van der Waals surface area (Å²) in [6.07, 6.45) is 0. The fourth-order valence-electron chi connectivity index (χ4n) is 2.45. The van der Waals surface area contributed by atoms with Crippen LogP contribution in [0.1, 0.15) is 30.3 Å². The Labute approximate surface area is 134 Å². The molecule has 0 saturated carbocycles. The van der Waals surface area contributed by atoms with Crippen LogP contribution in [0, 0.1) is 5.82 Å². The lowest BCUT2D eigenvalue weighted by molar-refractivity contribution is 0.146. The number of rotatable bonds is 6. The summed E-state index contributed by atoms with van der Waals surface area (Å²) in [6, 6.07) is 9.27. The Balaban J connectivity index is 2.33. The van der Waals surface area contributed by atoms with Crippen LogP contribution in [-0.2, 0) is 6.54 Å². The van der Waals surface area contributed by atoms with Gasteiger partial charge in [-0.25, -0.2) is 4.39 Å². The standard InChI is InChI=1S/C16H20ClFN2S/c1-11(2)20(10-12-5-4-8-21-12)15(9-19)13-6-3-7-14(17)16(13)18/h3-8,11,15H,9-10,19H2,1-2H3. The molecular formula is C16H20ClFN2S. The van der Waals surface area contributed by atoms with Gasteiger partial charge < -0.3 is 5.73 Å². The molecule has 2 N–H and O–H groups in total. The Kier molecular flexibility index (Phi) is 5.76. The summed E-state index contributed by atoms with van der Waals surface area (Å²) in [6.45, 7) is 5.29. The average Bonchev–Trinajstić information content (AvgIpc) is 2.95. The second kappa shape index (κ2) is 7.36. The van der Waals surface area contributed by atoms with Gasteiger partial charge in [-0.3, -0.25) is 4.90 Å². The second-order valence-corrected chi connectivity index (χ2v) is 6.68. The number of hydrogen-bond acceptors (Lipinski definition) is 3. The molecule has 0 aliphatic carbocycles. The van der Waals surface area contributed by atoms with Gasteiger partial charge in [0, 0.05) is 29.6 Å². The molecule has 0 amide bonds. The van der Waals surface area contributed by atoms with Crippen molar-refractivity contribution >= 4 is 22.9 Å². The maximum Gasteiger partial charge on any atom is 0.146 e. The SMILES string of the molecule is CC(C)N(Cc1cccs1)C(CN)c1cccc(Cl)c1F. The van der Waals surface area contributed by atoms with Crippen molar-refractivity contribution in [2.45, 2.75) is 32.5 Å². The molecule has 5 heteroatoms. The third-order valence-corrected chi connectivity index (χ3v) is 4.70. The van der Waals surface area contributed by atoms with Crippen LogP contribution in [-0.4, -0.2) is 17.5 Å². The maximum absolute atomic E-state index is 14.3. The van der Waals surface area contributed by atoms with Crippen LogP contribution in [0.25, 0.3) is 0 Å². The topological polar surface area (TPSA) is 29.3 Å². The first kappa shape index (κ1) is 16.4. The first-order chi connectivity index (χ1) is 10.0. The zero-order valence-electron chi connectivity index (χ0n) is 12.2. The minimum Gasteiger partial charge on any atom is -0.329 e. The molecular weight excluding hydrogens is 307 g/mol. The summed E-state index contributed by atoms with van der Waals surface area (Å²) >= 11 is 7.61. The lowest BCUT2D eigenvalue weighted by atomic mass is 10.0. The Morgan fingerprint density at radius 1 is 1.29 bits per heavy atom. The van der Waals surface area contributed by atoms with Gasteiger partial charge in [0.05, 0.1) is 11.1 Å². The van der Waals surface area contributed by atoms with E-state index in [-0.39, 0.29) is 22.9 Å². The Hall–Kier alpha value is -0.940. The van der Waals surface area contributed by atoms with Gasteiger partial charge in [-0.05, 0) is 31.4 Å². The van der Waals surface area contributed by atoms with Gasteiger partial charge in [-0.2, -0.15) is 0 Å². The largest absolute Gasteiger partial charge is 0.329 e. The van der Waals surface area contributed by atoms with Crippen molar-refractivity contribution in [3.05, 3.63) is 57.0 Å². The van der Waals surface area contributed by atoms with Crippen LogP contribution in [0.15, 0.2) is 35.7 Å². The minimum atomic E-state index is -0.369. The van der Waals surface area contributed by atoms with Crippen LogP contribution < -0.4 is 5.73 Å². The fourth-order valence-corrected chi connectivity index (χ4v) is 3.35. The highest BCUT2D eigenvalue weighted by molar-refractivity contribution is 7.09. The summed E-state index contributed by atoms with van der Waals surface area (Å²) in [5.74, 6) is -0.369. The smallest absolute Gasteiger partial charge is 0.146 e. The summed E-state index contributed by atoms with van der Waals surface area (Å²) < 4.78 is 14.3. The number of thiophene rings is 1. The fraction of sp³-hybridized carbons (Fsp3) is 0.375. The van der Waals surface area contributed by atoms with E-state index in [1.54, 1.807) is 29.5 Å². The third-order valence-electron chi connectivity index (χ3n) is 3.55. The van der Waals surface area contributed by atoms with Crippen LogP contribution in [0.5, 0.6) is 0 Å². The highest BCUT2D eigenvalue weighted by atomic mass is 35.5. The Bertz CT molecular complexity index is 572. The number of nitrogens with two attached hydrogens (primary N) is 1. The van der Waals surface area contributed by atoms with Gasteiger partial charge >= 0.3 is 0 Å². The van der Waals surface area contributed by atoms with E-state index in [0.717, 1.165) is 6.54 Å². The van der Waals surface area contributed by atoms with Crippen molar-refractivity contribution in [1.82, 2.24) is 4.90 Å². The molecule has 2 rings (SSSR count). The highest BCUT2D eigenvalue weighted by Gasteiger charge is 2.25. The number of hydrogen-bond donors (Lipinski definition) is 1. The van der Waals surface area contributed by atoms with E-state index in [9.17, 15) is 4.39 Å². The van der Waals surface area contributed by atoms with Crippen LogP contribution in [0.3, 0.4) is 0 Å². The molecule has 0 bridgehead atoms. The van der Waals surface area contributed by atoms with Gasteiger partial charge in [0.2, 0.25) is 0 Å². The number of halogens is 2. The molecule has 1 atom stereocenters. The molecule has 21 heavy (non-hydrogen) atoms. The van der Waals surface area contributed by atoms with Crippen molar-refractivity contribution in [2.75, 3.05) is 6.54 Å². The van der Waals surface area contributed by atoms with Gasteiger partial charge in [0.15, 0.2) is 0 Å². The van der Waals surface area contributed by atoms with E-state index in [2.05, 4.69) is 24.8 Å². The van der Waals surface area contributed by atoms with E-state index in [1.165, 1.54) is 4.88 Å². The average molecular weight is 327 g/mol. The summed E-state index contributed by atoms with van der Waals surface area (Å²) in [7, 11) is 0. The summed E-state index contributed by atoms with van der Waals surface area (Å²) in [4.78, 5) is 3.45. The molecule has 114 valence electrons.